The molecular formula is C22H25N3O2S2. The number of aryl methyl sites for hydroxylation is 1. The van der Waals surface area contributed by atoms with Gasteiger partial charge in [0.05, 0.1) is 17.7 Å². The van der Waals surface area contributed by atoms with E-state index in [0.717, 1.165) is 65.3 Å². The second-order valence-electron chi connectivity index (χ2n) is 7.14. The second kappa shape index (κ2) is 9.07. The Hall–Kier alpha value is -2.22. The molecule has 1 aromatic carbocycles. The van der Waals surface area contributed by atoms with Crippen molar-refractivity contribution >= 4 is 28.6 Å². The lowest BCUT2D eigenvalue weighted by Gasteiger charge is -2.34. The first-order valence-corrected chi connectivity index (χ1v) is 11.5. The molecular weight excluding hydrogens is 402 g/mol. The molecule has 0 unspecified atom stereocenters. The Bertz CT molecular complexity index is 943. The topological polar surface area (TPSA) is 45.7 Å². The van der Waals surface area contributed by atoms with E-state index in [1.807, 2.05) is 35.4 Å². The average molecular weight is 428 g/mol. The minimum absolute atomic E-state index is 0.123. The lowest BCUT2D eigenvalue weighted by Crippen LogP contribution is -2.49. The molecule has 0 bridgehead atoms. The van der Waals surface area contributed by atoms with Gasteiger partial charge in [-0.2, -0.15) is 0 Å². The highest BCUT2D eigenvalue weighted by molar-refractivity contribution is 7.22. The smallest absolute Gasteiger partial charge is 0.265 e. The quantitative estimate of drug-likeness (QED) is 0.592. The van der Waals surface area contributed by atoms with Gasteiger partial charge in [-0.15, -0.1) is 22.7 Å². The van der Waals surface area contributed by atoms with E-state index in [0.29, 0.717) is 0 Å². The van der Waals surface area contributed by atoms with E-state index in [9.17, 15) is 4.79 Å². The van der Waals surface area contributed by atoms with Crippen molar-refractivity contribution in [3.63, 3.8) is 0 Å². The maximum atomic E-state index is 13.0. The molecule has 7 heteroatoms. The number of ether oxygens (including phenoxy) is 1. The molecule has 152 valence electrons. The van der Waals surface area contributed by atoms with Crippen LogP contribution in [0.3, 0.4) is 0 Å². The number of aromatic nitrogens is 1. The van der Waals surface area contributed by atoms with Gasteiger partial charge in [0, 0.05) is 32.7 Å². The molecule has 5 nitrogen and oxygen atoms in total. The number of hydrogen-bond donors (Lipinski definition) is 0. The molecule has 0 N–H and O–H groups in total. The molecule has 0 atom stereocenters. The van der Waals surface area contributed by atoms with Crippen LogP contribution in [0.15, 0.2) is 41.8 Å². The number of amides is 1. The zero-order valence-electron chi connectivity index (χ0n) is 16.8. The van der Waals surface area contributed by atoms with Crippen LogP contribution in [0.1, 0.15) is 20.9 Å². The van der Waals surface area contributed by atoms with Crippen molar-refractivity contribution in [3.8, 4) is 15.6 Å². The predicted molar refractivity (Wildman–Crippen MR) is 119 cm³/mol. The van der Waals surface area contributed by atoms with Gasteiger partial charge in [0.25, 0.3) is 5.91 Å². The first kappa shape index (κ1) is 20.1. The van der Waals surface area contributed by atoms with Gasteiger partial charge in [0.15, 0.2) is 0 Å². The summed E-state index contributed by atoms with van der Waals surface area (Å²) < 4.78 is 5.21. The summed E-state index contributed by atoms with van der Waals surface area (Å²) in [5.74, 6) is 1.01. The van der Waals surface area contributed by atoms with Gasteiger partial charge in [0.2, 0.25) is 0 Å². The number of carbonyl (C=O) groups excluding carboxylic acids is 1. The highest BCUT2D eigenvalue weighted by Crippen LogP contribution is 2.31. The standard InChI is InChI=1S/C22H25N3O2S2/c1-16-20(29-21(23-16)19-4-3-15-28-19)22(26)25-13-11-24(12-14-25)10-9-17-5-7-18(27-2)8-6-17/h3-8,15H,9-14H2,1-2H3. The summed E-state index contributed by atoms with van der Waals surface area (Å²) >= 11 is 3.18. The van der Waals surface area contributed by atoms with Crippen molar-refractivity contribution < 1.29 is 9.53 Å². The van der Waals surface area contributed by atoms with E-state index in [-0.39, 0.29) is 5.91 Å². The van der Waals surface area contributed by atoms with Crippen LogP contribution in [-0.2, 0) is 6.42 Å². The summed E-state index contributed by atoms with van der Waals surface area (Å²) in [5, 5.41) is 2.98. The number of methoxy groups -OCH3 is 1. The number of nitrogens with zero attached hydrogens (tertiary/aromatic N) is 3. The van der Waals surface area contributed by atoms with Crippen molar-refractivity contribution in [2.75, 3.05) is 39.8 Å². The van der Waals surface area contributed by atoms with E-state index in [1.54, 1.807) is 18.4 Å². The maximum Gasteiger partial charge on any atom is 0.265 e. The third kappa shape index (κ3) is 4.69. The highest BCUT2D eigenvalue weighted by atomic mass is 32.1. The molecule has 0 aliphatic carbocycles. The molecule has 29 heavy (non-hydrogen) atoms. The van der Waals surface area contributed by atoms with Crippen LogP contribution in [-0.4, -0.2) is 60.5 Å². The lowest BCUT2D eigenvalue weighted by molar-refractivity contribution is 0.0642. The minimum atomic E-state index is 0.123. The monoisotopic (exact) mass is 427 g/mol. The Morgan fingerprint density at radius 2 is 1.90 bits per heavy atom. The molecule has 2 aromatic heterocycles. The summed E-state index contributed by atoms with van der Waals surface area (Å²) in [5.41, 5.74) is 2.15. The Morgan fingerprint density at radius 3 is 2.55 bits per heavy atom. The van der Waals surface area contributed by atoms with Gasteiger partial charge in [-0.3, -0.25) is 9.69 Å². The van der Waals surface area contributed by atoms with Gasteiger partial charge < -0.3 is 9.64 Å². The maximum absolute atomic E-state index is 13.0. The number of thiophene rings is 1. The van der Waals surface area contributed by atoms with Crippen LogP contribution < -0.4 is 4.74 Å². The molecule has 1 fully saturated rings. The first-order chi connectivity index (χ1) is 14.1. The molecule has 3 heterocycles. The zero-order valence-corrected chi connectivity index (χ0v) is 18.4. The molecule has 0 radical (unpaired) electrons. The summed E-state index contributed by atoms with van der Waals surface area (Å²) in [4.78, 5) is 24.0. The summed E-state index contributed by atoms with van der Waals surface area (Å²) in [6.45, 7) is 6.32. The fourth-order valence-corrected chi connectivity index (χ4v) is 5.33. The van der Waals surface area contributed by atoms with Gasteiger partial charge >= 0.3 is 0 Å². The number of thiazole rings is 1. The van der Waals surface area contributed by atoms with E-state index in [2.05, 4.69) is 28.1 Å². The van der Waals surface area contributed by atoms with Gasteiger partial charge in [-0.05, 0) is 42.5 Å². The third-order valence-electron chi connectivity index (χ3n) is 5.26. The Balaban J connectivity index is 1.30. The molecule has 1 saturated heterocycles. The fraction of sp³-hybridized carbons (Fsp3) is 0.364. The van der Waals surface area contributed by atoms with Crippen LogP contribution >= 0.6 is 22.7 Å². The number of rotatable bonds is 6. The highest BCUT2D eigenvalue weighted by Gasteiger charge is 2.25. The van der Waals surface area contributed by atoms with Crippen molar-refractivity contribution in [1.29, 1.82) is 0 Å². The minimum Gasteiger partial charge on any atom is -0.497 e. The number of hydrogen-bond acceptors (Lipinski definition) is 6. The summed E-state index contributed by atoms with van der Waals surface area (Å²) in [6.07, 6.45) is 1.01. The number of carbonyl (C=O) groups is 1. The molecule has 0 spiro atoms. The van der Waals surface area contributed by atoms with Gasteiger partial charge in [-0.1, -0.05) is 18.2 Å². The third-order valence-corrected chi connectivity index (χ3v) is 7.44. The Labute approximate surface area is 179 Å². The molecule has 1 amide bonds. The number of benzene rings is 1. The van der Waals surface area contributed by atoms with E-state index in [1.165, 1.54) is 16.9 Å². The Morgan fingerprint density at radius 1 is 1.14 bits per heavy atom. The fourth-order valence-electron chi connectivity index (χ4n) is 3.50. The molecule has 1 aliphatic heterocycles. The van der Waals surface area contributed by atoms with Crippen LogP contribution in [0, 0.1) is 6.92 Å². The van der Waals surface area contributed by atoms with Crippen molar-refractivity contribution in [1.82, 2.24) is 14.8 Å². The molecule has 4 rings (SSSR count). The summed E-state index contributed by atoms with van der Waals surface area (Å²) in [7, 11) is 1.69. The van der Waals surface area contributed by atoms with Crippen LogP contribution in [0.2, 0.25) is 0 Å². The van der Waals surface area contributed by atoms with Crippen molar-refractivity contribution in [3.05, 3.63) is 57.9 Å². The predicted octanol–water partition coefficient (Wildman–Crippen LogP) is 4.19. The lowest BCUT2D eigenvalue weighted by atomic mass is 10.1. The van der Waals surface area contributed by atoms with E-state index >= 15 is 0 Å². The summed E-state index contributed by atoms with van der Waals surface area (Å²) in [6, 6.07) is 12.3. The molecule has 1 aliphatic rings. The molecule has 0 saturated carbocycles. The van der Waals surface area contributed by atoms with Crippen LogP contribution in [0.25, 0.3) is 9.88 Å². The largest absolute Gasteiger partial charge is 0.497 e. The first-order valence-electron chi connectivity index (χ1n) is 9.80. The van der Waals surface area contributed by atoms with Crippen molar-refractivity contribution in [2.24, 2.45) is 0 Å². The number of piperazine rings is 1. The van der Waals surface area contributed by atoms with E-state index < -0.39 is 0 Å². The van der Waals surface area contributed by atoms with Crippen LogP contribution in [0.4, 0.5) is 0 Å². The Kier molecular flexibility index (Phi) is 6.28. The zero-order chi connectivity index (χ0) is 20.2. The van der Waals surface area contributed by atoms with Gasteiger partial charge in [-0.25, -0.2) is 4.98 Å². The normalized spacial score (nSPS) is 14.9. The molecule has 3 aromatic rings. The van der Waals surface area contributed by atoms with Crippen LogP contribution in [0.5, 0.6) is 5.75 Å². The van der Waals surface area contributed by atoms with Gasteiger partial charge in [0.1, 0.15) is 15.6 Å². The van der Waals surface area contributed by atoms with E-state index in [4.69, 9.17) is 4.74 Å². The second-order valence-corrected chi connectivity index (χ2v) is 9.09. The average Bonchev–Trinajstić information content (AvgIpc) is 3.42. The SMILES string of the molecule is COc1ccc(CCN2CCN(C(=O)c3sc(-c4cccs4)nc3C)CC2)cc1. The van der Waals surface area contributed by atoms with Crippen molar-refractivity contribution in [2.45, 2.75) is 13.3 Å².